The van der Waals surface area contributed by atoms with Gasteiger partial charge in [-0.15, -0.1) is 0 Å². The number of aryl methyl sites for hydroxylation is 1. The molecule has 31 heavy (non-hydrogen) atoms. The second-order valence-electron chi connectivity index (χ2n) is 7.05. The third-order valence-corrected chi connectivity index (χ3v) is 5.48. The molecule has 3 amide bonds. The van der Waals surface area contributed by atoms with Gasteiger partial charge in [0.2, 0.25) is 0 Å². The van der Waals surface area contributed by atoms with E-state index in [1.54, 1.807) is 36.4 Å². The number of nitrogens with one attached hydrogen (secondary N) is 1. The molecule has 0 saturated heterocycles. The van der Waals surface area contributed by atoms with E-state index in [1.807, 2.05) is 26.0 Å². The lowest BCUT2D eigenvalue weighted by Gasteiger charge is -2.14. The Kier molecular flexibility index (Phi) is 5.61. The number of nitrogens with zero attached hydrogens (tertiary/aromatic N) is 1. The van der Waals surface area contributed by atoms with E-state index in [2.05, 4.69) is 21.2 Å². The maximum absolute atomic E-state index is 13.0. The van der Waals surface area contributed by atoms with Crippen LogP contribution in [0, 0.1) is 6.92 Å². The molecule has 156 valence electrons. The highest BCUT2D eigenvalue weighted by atomic mass is 79.9. The summed E-state index contributed by atoms with van der Waals surface area (Å²) in [6.45, 7) is 4.29. The minimum Gasteiger partial charge on any atom is -0.494 e. The lowest BCUT2D eigenvalue weighted by atomic mass is 10.0. The first-order valence-corrected chi connectivity index (χ1v) is 10.5. The van der Waals surface area contributed by atoms with Crippen LogP contribution in [0.5, 0.6) is 5.75 Å². The van der Waals surface area contributed by atoms with E-state index in [0.29, 0.717) is 29.3 Å². The van der Waals surface area contributed by atoms with Gasteiger partial charge >= 0.3 is 0 Å². The summed E-state index contributed by atoms with van der Waals surface area (Å²) in [6, 6.07) is 16.8. The van der Waals surface area contributed by atoms with Crippen LogP contribution in [0.2, 0.25) is 0 Å². The number of anilines is 2. The van der Waals surface area contributed by atoms with Crippen LogP contribution in [-0.2, 0) is 0 Å². The van der Waals surface area contributed by atoms with E-state index in [4.69, 9.17) is 4.74 Å². The zero-order valence-corrected chi connectivity index (χ0v) is 18.5. The predicted molar refractivity (Wildman–Crippen MR) is 122 cm³/mol. The minimum atomic E-state index is -0.460. The Bertz CT molecular complexity index is 1200. The normalized spacial score (nSPS) is 12.7. The van der Waals surface area contributed by atoms with Crippen LogP contribution in [-0.4, -0.2) is 24.3 Å². The zero-order chi connectivity index (χ0) is 22.1. The molecule has 0 aliphatic carbocycles. The molecule has 1 N–H and O–H groups in total. The smallest absolute Gasteiger partial charge is 0.266 e. The van der Waals surface area contributed by atoms with E-state index in [9.17, 15) is 14.4 Å². The number of carbonyl (C=O) groups excluding carboxylic acids is 3. The molecule has 1 heterocycles. The first-order valence-electron chi connectivity index (χ1n) is 9.72. The number of hydrogen-bond donors (Lipinski definition) is 1. The molecule has 0 spiro atoms. The molecule has 0 unspecified atom stereocenters. The van der Waals surface area contributed by atoms with Gasteiger partial charge in [0, 0.05) is 15.7 Å². The molecule has 6 nitrogen and oxygen atoms in total. The highest BCUT2D eigenvalue weighted by molar-refractivity contribution is 9.10. The Balaban J connectivity index is 1.59. The van der Waals surface area contributed by atoms with Crippen molar-refractivity contribution >= 4 is 45.0 Å². The van der Waals surface area contributed by atoms with Gasteiger partial charge in [0.15, 0.2) is 0 Å². The van der Waals surface area contributed by atoms with Gasteiger partial charge < -0.3 is 10.1 Å². The third-order valence-electron chi connectivity index (χ3n) is 4.99. The number of halogens is 1. The topological polar surface area (TPSA) is 75.7 Å². The van der Waals surface area contributed by atoms with Crippen LogP contribution in [0.15, 0.2) is 65.1 Å². The predicted octanol–water partition coefficient (Wildman–Crippen LogP) is 5.21. The number of imide groups is 1. The molecular formula is C24H19BrN2O4. The summed E-state index contributed by atoms with van der Waals surface area (Å²) >= 11 is 3.40. The number of amides is 3. The van der Waals surface area contributed by atoms with Gasteiger partial charge in [-0.1, -0.05) is 15.9 Å². The molecule has 0 saturated carbocycles. The quantitative estimate of drug-likeness (QED) is 0.510. The van der Waals surface area contributed by atoms with Crippen LogP contribution in [0.25, 0.3) is 0 Å². The SMILES string of the molecule is CCOc1ccc(N2C(=O)c3ccc(C(=O)Nc4ccc(Br)cc4C)cc3C2=O)cc1. The van der Waals surface area contributed by atoms with Crippen molar-refractivity contribution in [1.82, 2.24) is 0 Å². The van der Waals surface area contributed by atoms with Gasteiger partial charge in [-0.2, -0.15) is 0 Å². The number of ether oxygens (including phenoxy) is 1. The van der Waals surface area contributed by atoms with Crippen LogP contribution in [0.3, 0.4) is 0 Å². The molecule has 1 aliphatic heterocycles. The van der Waals surface area contributed by atoms with E-state index in [1.165, 1.54) is 12.1 Å². The Morgan fingerprint density at radius 2 is 1.68 bits per heavy atom. The van der Waals surface area contributed by atoms with Gasteiger partial charge in [-0.3, -0.25) is 14.4 Å². The van der Waals surface area contributed by atoms with Gasteiger partial charge in [0.1, 0.15) is 5.75 Å². The lowest BCUT2D eigenvalue weighted by Crippen LogP contribution is -2.29. The molecular weight excluding hydrogens is 460 g/mol. The first-order chi connectivity index (χ1) is 14.9. The second-order valence-corrected chi connectivity index (χ2v) is 7.96. The highest BCUT2D eigenvalue weighted by Gasteiger charge is 2.37. The van der Waals surface area contributed by atoms with E-state index in [0.717, 1.165) is 14.9 Å². The average Bonchev–Trinajstić information content (AvgIpc) is 3.01. The highest BCUT2D eigenvalue weighted by Crippen LogP contribution is 2.30. The molecule has 0 fully saturated rings. The monoisotopic (exact) mass is 478 g/mol. The molecule has 0 aromatic heterocycles. The second kappa shape index (κ2) is 8.35. The molecule has 3 aromatic carbocycles. The van der Waals surface area contributed by atoms with Crippen molar-refractivity contribution in [2.24, 2.45) is 0 Å². The van der Waals surface area contributed by atoms with Gasteiger partial charge in [0.25, 0.3) is 17.7 Å². The van der Waals surface area contributed by atoms with Crippen molar-refractivity contribution < 1.29 is 19.1 Å². The lowest BCUT2D eigenvalue weighted by molar-refractivity contribution is 0.0925. The summed E-state index contributed by atoms with van der Waals surface area (Å²) < 4.78 is 6.33. The maximum Gasteiger partial charge on any atom is 0.266 e. The molecule has 0 bridgehead atoms. The fourth-order valence-corrected chi connectivity index (χ4v) is 3.91. The number of hydrogen-bond acceptors (Lipinski definition) is 4. The van der Waals surface area contributed by atoms with E-state index >= 15 is 0 Å². The molecule has 3 aromatic rings. The fraction of sp³-hybridized carbons (Fsp3) is 0.125. The van der Waals surface area contributed by atoms with Crippen LogP contribution in [0.1, 0.15) is 43.6 Å². The van der Waals surface area contributed by atoms with E-state index in [-0.39, 0.29) is 17.0 Å². The molecule has 4 rings (SSSR count). The molecule has 7 heteroatoms. The molecule has 0 radical (unpaired) electrons. The summed E-state index contributed by atoms with van der Waals surface area (Å²) in [7, 11) is 0. The van der Waals surface area contributed by atoms with Gasteiger partial charge in [0.05, 0.1) is 23.4 Å². The van der Waals surface area contributed by atoms with Crippen LogP contribution >= 0.6 is 15.9 Å². The van der Waals surface area contributed by atoms with Gasteiger partial charge in [-0.25, -0.2) is 4.90 Å². The minimum absolute atomic E-state index is 0.207. The number of benzene rings is 3. The summed E-state index contributed by atoms with van der Waals surface area (Å²) in [5, 5.41) is 2.85. The fourth-order valence-electron chi connectivity index (χ4n) is 3.44. The Morgan fingerprint density at radius 1 is 0.968 bits per heavy atom. The summed E-state index contributed by atoms with van der Waals surface area (Å²) in [5.41, 5.74) is 2.81. The average molecular weight is 479 g/mol. The van der Waals surface area contributed by atoms with Crippen LogP contribution in [0.4, 0.5) is 11.4 Å². The molecule has 0 atom stereocenters. The van der Waals surface area contributed by atoms with Crippen molar-refractivity contribution in [1.29, 1.82) is 0 Å². The van der Waals surface area contributed by atoms with E-state index < -0.39 is 11.8 Å². The largest absolute Gasteiger partial charge is 0.494 e. The standard InChI is InChI=1S/C24H19BrN2O4/c1-3-31-18-8-6-17(7-9-18)27-23(29)19-10-4-15(13-20(19)24(27)30)22(28)26-21-11-5-16(25)12-14(21)2/h4-13H,3H2,1-2H3,(H,26,28). The van der Waals surface area contributed by atoms with Crippen molar-refractivity contribution in [3.05, 3.63) is 87.4 Å². The number of fused-ring (bicyclic) bond motifs is 1. The maximum atomic E-state index is 13.0. The number of carbonyl (C=O) groups is 3. The summed E-state index contributed by atoms with van der Waals surface area (Å²) in [5.74, 6) is -0.573. The van der Waals surface area contributed by atoms with Gasteiger partial charge in [-0.05, 0) is 80.1 Å². The van der Waals surface area contributed by atoms with Crippen molar-refractivity contribution in [2.75, 3.05) is 16.8 Å². The van der Waals surface area contributed by atoms with Crippen molar-refractivity contribution in [3.63, 3.8) is 0 Å². The zero-order valence-electron chi connectivity index (χ0n) is 16.9. The Morgan fingerprint density at radius 3 is 2.35 bits per heavy atom. The third kappa shape index (κ3) is 3.96. The first kappa shape index (κ1) is 20.8. The number of rotatable bonds is 5. The van der Waals surface area contributed by atoms with Crippen molar-refractivity contribution in [3.8, 4) is 5.75 Å². The Hall–Kier alpha value is -3.45. The summed E-state index contributed by atoms with van der Waals surface area (Å²) in [6.07, 6.45) is 0. The van der Waals surface area contributed by atoms with Crippen LogP contribution < -0.4 is 15.0 Å². The molecule has 1 aliphatic rings. The Labute approximate surface area is 188 Å². The van der Waals surface area contributed by atoms with Crippen molar-refractivity contribution in [2.45, 2.75) is 13.8 Å². The summed E-state index contributed by atoms with van der Waals surface area (Å²) in [4.78, 5) is 39.7.